The molecule has 1 aliphatic carbocycles. The maximum atomic E-state index is 4.52. The number of aryl methyl sites for hydroxylation is 2. The molecule has 2 unspecified atom stereocenters. The van der Waals surface area contributed by atoms with Crippen molar-refractivity contribution >= 4 is 5.82 Å². The van der Waals surface area contributed by atoms with Gasteiger partial charge in [-0.1, -0.05) is 19.8 Å². The van der Waals surface area contributed by atoms with E-state index in [1.54, 1.807) is 0 Å². The molecule has 3 heteroatoms. The van der Waals surface area contributed by atoms with E-state index in [-0.39, 0.29) is 0 Å². The first-order valence-corrected chi connectivity index (χ1v) is 6.22. The molecular weight excluding hydrogens is 198 g/mol. The van der Waals surface area contributed by atoms with Crippen molar-refractivity contribution in [3.8, 4) is 0 Å². The predicted molar refractivity (Wildman–Crippen MR) is 66.5 cm³/mol. The minimum absolute atomic E-state index is 0.582. The van der Waals surface area contributed by atoms with Crippen LogP contribution in [0, 0.1) is 19.8 Å². The Kier molecular flexibility index (Phi) is 3.42. The Hall–Kier alpha value is -1.12. The lowest BCUT2D eigenvalue weighted by atomic mass is 9.87. The zero-order valence-electron chi connectivity index (χ0n) is 10.5. The standard InChI is InChI=1S/C13H21N3/c1-9-5-4-6-12(7-9)16-13-11(3)14-8-10(2)15-13/h8-9,12H,4-7H2,1-3H3,(H,15,16). The molecule has 1 aliphatic rings. The number of nitrogens with zero attached hydrogens (tertiary/aromatic N) is 2. The fraction of sp³-hybridized carbons (Fsp3) is 0.692. The molecule has 1 aromatic rings. The van der Waals surface area contributed by atoms with Gasteiger partial charge in [-0.25, -0.2) is 4.98 Å². The molecule has 1 fully saturated rings. The molecule has 0 spiro atoms. The van der Waals surface area contributed by atoms with Gasteiger partial charge in [0.05, 0.1) is 11.4 Å². The zero-order chi connectivity index (χ0) is 11.5. The number of hydrogen-bond acceptors (Lipinski definition) is 3. The molecule has 0 bridgehead atoms. The fourth-order valence-electron chi connectivity index (χ4n) is 2.43. The maximum Gasteiger partial charge on any atom is 0.147 e. The Morgan fingerprint density at radius 3 is 2.88 bits per heavy atom. The van der Waals surface area contributed by atoms with E-state index in [2.05, 4.69) is 22.2 Å². The van der Waals surface area contributed by atoms with Crippen molar-refractivity contribution in [1.29, 1.82) is 0 Å². The summed E-state index contributed by atoms with van der Waals surface area (Å²) >= 11 is 0. The van der Waals surface area contributed by atoms with Gasteiger partial charge in [0.25, 0.3) is 0 Å². The highest BCUT2D eigenvalue weighted by molar-refractivity contribution is 5.40. The monoisotopic (exact) mass is 219 g/mol. The van der Waals surface area contributed by atoms with Gasteiger partial charge in [-0.2, -0.15) is 0 Å². The van der Waals surface area contributed by atoms with Crippen LogP contribution in [0.3, 0.4) is 0 Å². The van der Waals surface area contributed by atoms with Crippen molar-refractivity contribution < 1.29 is 0 Å². The summed E-state index contributed by atoms with van der Waals surface area (Å²) in [5, 5.41) is 3.55. The summed E-state index contributed by atoms with van der Waals surface area (Å²) in [6.45, 7) is 6.34. The smallest absolute Gasteiger partial charge is 0.147 e. The van der Waals surface area contributed by atoms with Crippen LogP contribution in [0.25, 0.3) is 0 Å². The van der Waals surface area contributed by atoms with E-state index in [1.165, 1.54) is 25.7 Å². The van der Waals surface area contributed by atoms with Crippen molar-refractivity contribution in [1.82, 2.24) is 9.97 Å². The Morgan fingerprint density at radius 2 is 2.12 bits per heavy atom. The van der Waals surface area contributed by atoms with Crippen LogP contribution in [0.4, 0.5) is 5.82 Å². The third-order valence-corrected chi connectivity index (χ3v) is 3.35. The Labute approximate surface area is 97.7 Å². The van der Waals surface area contributed by atoms with E-state index in [0.29, 0.717) is 6.04 Å². The molecular formula is C13H21N3. The van der Waals surface area contributed by atoms with E-state index in [4.69, 9.17) is 0 Å². The number of nitrogens with one attached hydrogen (secondary N) is 1. The van der Waals surface area contributed by atoms with Gasteiger partial charge in [0.15, 0.2) is 0 Å². The second-order valence-corrected chi connectivity index (χ2v) is 5.06. The SMILES string of the molecule is Cc1cnc(C)c(NC2CCCC(C)C2)n1. The lowest BCUT2D eigenvalue weighted by Gasteiger charge is -2.28. The molecule has 0 saturated heterocycles. The minimum Gasteiger partial charge on any atom is -0.366 e. The number of anilines is 1. The van der Waals surface area contributed by atoms with Gasteiger partial charge in [-0.3, -0.25) is 4.98 Å². The van der Waals surface area contributed by atoms with Gasteiger partial charge in [0.2, 0.25) is 0 Å². The molecule has 1 N–H and O–H groups in total. The maximum absolute atomic E-state index is 4.52. The Morgan fingerprint density at radius 1 is 1.31 bits per heavy atom. The Balaban J connectivity index is 2.05. The summed E-state index contributed by atoms with van der Waals surface area (Å²) < 4.78 is 0. The minimum atomic E-state index is 0.582. The van der Waals surface area contributed by atoms with Crippen molar-refractivity contribution in [3.05, 3.63) is 17.6 Å². The van der Waals surface area contributed by atoms with Crippen molar-refractivity contribution in [3.63, 3.8) is 0 Å². The molecule has 16 heavy (non-hydrogen) atoms. The molecule has 88 valence electrons. The second-order valence-electron chi connectivity index (χ2n) is 5.06. The third-order valence-electron chi connectivity index (χ3n) is 3.35. The molecule has 2 atom stereocenters. The summed E-state index contributed by atoms with van der Waals surface area (Å²) in [5.74, 6) is 1.81. The number of aromatic nitrogens is 2. The molecule has 3 nitrogen and oxygen atoms in total. The van der Waals surface area contributed by atoms with Gasteiger partial charge in [-0.15, -0.1) is 0 Å². The van der Waals surface area contributed by atoms with E-state index in [0.717, 1.165) is 23.1 Å². The van der Waals surface area contributed by atoms with E-state index < -0.39 is 0 Å². The van der Waals surface area contributed by atoms with E-state index >= 15 is 0 Å². The quantitative estimate of drug-likeness (QED) is 0.830. The summed E-state index contributed by atoms with van der Waals surface area (Å²) in [4.78, 5) is 8.86. The van der Waals surface area contributed by atoms with Crippen LogP contribution in [0.1, 0.15) is 44.0 Å². The first-order valence-electron chi connectivity index (χ1n) is 6.22. The highest BCUT2D eigenvalue weighted by Crippen LogP contribution is 2.26. The fourth-order valence-corrected chi connectivity index (χ4v) is 2.43. The average Bonchev–Trinajstić information content (AvgIpc) is 2.24. The van der Waals surface area contributed by atoms with Crippen molar-refractivity contribution in [2.45, 2.75) is 52.5 Å². The van der Waals surface area contributed by atoms with Crippen LogP contribution in [0.5, 0.6) is 0 Å². The van der Waals surface area contributed by atoms with Crippen LogP contribution in [0.2, 0.25) is 0 Å². The van der Waals surface area contributed by atoms with E-state index in [1.807, 2.05) is 20.0 Å². The zero-order valence-corrected chi connectivity index (χ0v) is 10.5. The molecule has 1 heterocycles. The average molecular weight is 219 g/mol. The van der Waals surface area contributed by atoms with Crippen LogP contribution in [-0.4, -0.2) is 16.0 Å². The normalized spacial score (nSPS) is 25.4. The van der Waals surface area contributed by atoms with Crippen LogP contribution in [0.15, 0.2) is 6.20 Å². The summed E-state index contributed by atoms with van der Waals surface area (Å²) in [7, 11) is 0. The highest BCUT2D eigenvalue weighted by atomic mass is 15.0. The molecule has 1 saturated carbocycles. The lowest BCUT2D eigenvalue weighted by molar-refractivity contribution is 0.358. The highest BCUT2D eigenvalue weighted by Gasteiger charge is 2.19. The third kappa shape index (κ3) is 2.71. The largest absolute Gasteiger partial charge is 0.366 e. The van der Waals surface area contributed by atoms with Crippen molar-refractivity contribution in [2.75, 3.05) is 5.32 Å². The first-order chi connectivity index (χ1) is 7.65. The van der Waals surface area contributed by atoms with Gasteiger partial charge in [-0.05, 0) is 32.6 Å². The van der Waals surface area contributed by atoms with Gasteiger partial charge in [0.1, 0.15) is 5.82 Å². The van der Waals surface area contributed by atoms with Crippen molar-refractivity contribution in [2.24, 2.45) is 5.92 Å². The molecule has 2 rings (SSSR count). The second kappa shape index (κ2) is 4.81. The molecule has 0 aromatic carbocycles. The van der Waals surface area contributed by atoms with Gasteiger partial charge < -0.3 is 5.32 Å². The predicted octanol–water partition coefficient (Wildman–Crippen LogP) is 3.08. The molecule has 1 aromatic heterocycles. The molecule has 0 radical (unpaired) electrons. The number of hydrogen-bond donors (Lipinski definition) is 1. The first kappa shape index (κ1) is 11.4. The number of rotatable bonds is 2. The molecule has 0 amide bonds. The van der Waals surface area contributed by atoms with Gasteiger partial charge >= 0.3 is 0 Å². The van der Waals surface area contributed by atoms with E-state index in [9.17, 15) is 0 Å². The van der Waals surface area contributed by atoms with Crippen LogP contribution in [-0.2, 0) is 0 Å². The Bertz CT molecular complexity index is 362. The van der Waals surface area contributed by atoms with Gasteiger partial charge in [0, 0.05) is 12.2 Å². The topological polar surface area (TPSA) is 37.8 Å². The van der Waals surface area contributed by atoms with Crippen LogP contribution < -0.4 is 5.32 Å². The summed E-state index contributed by atoms with van der Waals surface area (Å²) in [6, 6.07) is 0.582. The molecule has 0 aliphatic heterocycles. The summed E-state index contributed by atoms with van der Waals surface area (Å²) in [6.07, 6.45) is 7.05. The summed E-state index contributed by atoms with van der Waals surface area (Å²) in [5.41, 5.74) is 1.99. The lowest BCUT2D eigenvalue weighted by Crippen LogP contribution is -2.27. The van der Waals surface area contributed by atoms with Crippen LogP contribution >= 0.6 is 0 Å².